The highest BCUT2D eigenvalue weighted by Crippen LogP contribution is 2.30. The largest absolute Gasteiger partial charge is 0.461 e. The number of rotatable bonds is 19. The molecule has 1 aromatic heterocycles. The van der Waals surface area contributed by atoms with Crippen molar-refractivity contribution in [3.05, 3.63) is 64.6 Å². The second kappa shape index (κ2) is 18.7. The van der Waals surface area contributed by atoms with Crippen molar-refractivity contribution in [1.29, 1.82) is 0 Å². The van der Waals surface area contributed by atoms with E-state index in [1.165, 1.54) is 24.3 Å². The summed E-state index contributed by atoms with van der Waals surface area (Å²) in [7, 11) is 2.06. The van der Waals surface area contributed by atoms with E-state index in [0.717, 1.165) is 18.5 Å². The third kappa shape index (κ3) is 12.1. The smallest absolute Gasteiger partial charge is 0.309 e. The predicted molar refractivity (Wildman–Crippen MR) is 176 cm³/mol. The third-order valence-electron chi connectivity index (χ3n) is 8.05. The molecule has 9 nitrogen and oxygen atoms in total. The second-order valence-corrected chi connectivity index (χ2v) is 13.0. The van der Waals surface area contributed by atoms with Crippen LogP contribution in [0, 0.1) is 17.8 Å². The number of nitrogens with one attached hydrogen (secondary N) is 1. The molecule has 0 aliphatic rings. The average Bonchev–Trinajstić information content (AvgIpc) is 3.48. The van der Waals surface area contributed by atoms with Gasteiger partial charge in [-0.15, -0.1) is 11.3 Å². The lowest BCUT2D eigenvalue weighted by atomic mass is 9.94. The molecule has 44 heavy (non-hydrogen) atoms. The molecule has 3 N–H and O–H groups in total. The maximum Gasteiger partial charge on any atom is 0.309 e. The van der Waals surface area contributed by atoms with E-state index in [1.807, 2.05) is 30.3 Å². The number of carbonyl (C=O) groups excluding carboxylic acids is 3. The van der Waals surface area contributed by atoms with E-state index < -0.39 is 18.0 Å². The standard InChI is InChI=1S/C34H52N4O5S/c1-9-16-42-34(41)24(6)17-27(18-26-14-12-11-13-15-26)36-32(40)29-21-44-33(37-29)31(43-25(7)39)19-30(22(3)4)38(8)20-28(35)23(5)10-2/h9,11-15,21-24,27-28,30-31H,1,10,16-20,35H2,2-8H3,(H,36,40)/t23-,24-,27+,28+,30+,31+/m0/s1. The van der Waals surface area contributed by atoms with Gasteiger partial charge in [0.05, 0.1) is 5.92 Å². The molecule has 244 valence electrons. The molecular formula is C34H52N4O5S. The van der Waals surface area contributed by atoms with Crippen LogP contribution in [0.4, 0.5) is 0 Å². The van der Waals surface area contributed by atoms with Crippen LogP contribution in [0.1, 0.15) is 88.0 Å². The zero-order valence-electron chi connectivity index (χ0n) is 27.5. The van der Waals surface area contributed by atoms with E-state index in [9.17, 15) is 14.4 Å². The average molecular weight is 629 g/mol. The minimum Gasteiger partial charge on any atom is -0.461 e. The lowest BCUT2D eigenvalue weighted by molar-refractivity contribution is -0.148. The SMILES string of the molecule is C=CCOC(=O)[C@@H](C)C[C@H](Cc1ccccc1)NC(=O)c1csc([C@@H](C[C@H](C(C)C)N(C)C[C@@H](N)[C@@H](C)CC)OC(C)=O)n1. The number of amides is 1. The molecule has 0 aliphatic carbocycles. The highest BCUT2D eigenvalue weighted by atomic mass is 32.1. The topological polar surface area (TPSA) is 124 Å². The summed E-state index contributed by atoms with van der Waals surface area (Å²) >= 11 is 1.30. The number of carbonyl (C=O) groups is 3. The minimum atomic E-state index is -0.603. The van der Waals surface area contributed by atoms with Gasteiger partial charge in [-0.2, -0.15) is 0 Å². The normalized spacial score (nSPS) is 15.6. The lowest BCUT2D eigenvalue weighted by Crippen LogP contribution is -2.46. The van der Waals surface area contributed by atoms with Gasteiger partial charge < -0.3 is 25.4 Å². The van der Waals surface area contributed by atoms with Gasteiger partial charge in [-0.25, -0.2) is 4.98 Å². The number of likely N-dealkylation sites (N-methyl/N-ethyl adjacent to an activating group) is 1. The number of esters is 2. The number of hydrogen-bond donors (Lipinski definition) is 2. The summed E-state index contributed by atoms with van der Waals surface area (Å²) in [5, 5.41) is 5.34. The maximum atomic E-state index is 13.5. The van der Waals surface area contributed by atoms with Crippen molar-refractivity contribution in [2.75, 3.05) is 20.2 Å². The summed E-state index contributed by atoms with van der Waals surface area (Å²) in [5.41, 5.74) is 7.75. The van der Waals surface area contributed by atoms with E-state index in [4.69, 9.17) is 15.2 Å². The fourth-order valence-corrected chi connectivity index (χ4v) is 6.07. The monoisotopic (exact) mass is 628 g/mol. The van der Waals surface area contributed by atoms with E-state index in [-0.39, 0.29) is 48.2 Å². The second-order valence-electron chi connectivity index (χ2n) is 12.1. The molecule has 0 unspecified atom stereocenters. The van der Waals surface area contributed by atoms with Crippen molar-refractivity contribution < 1.29 is 23.9 Å². The molecule has 1 heterocycles. The molecule has 1 aromatic carbocycles. The Kier molecular flexibility index (Phi) is 15.7. The van der Waals surface area contributed by atoms with Gasteiger partial charge in [-0.05, 0) is 37.3 Å². The molecule has 0 fully saturated rings. The summed E-state index contributed by atoms with van der Waals surface area (Å²) in [6, 6.07) is 9.57. The number of benzene rings is 1. The van der Waals surface area contributed by atoms with Crippen LogP contribution >= 0.6 is 11.3 Å². The Labute approximate surface area is 267 Å². The number of nitrogens with two attached hydrogens (primary N) is 1. The molecule has 1 amide bonds. The van der Waals surface area contributed by atoms with Crippen molar-refractivity contribution in [2.24, 2.45) is 23.5 Å². The molecular weight excluding hydrogens is 576 g/mol. The van der Waals surface area contributed by atoms with Gasteiger partial charge in [0, 0.05) is 43.4 Å². The van der Waals surface area contributed by atoms with Crippen LogP contribution in [-0.2, 0) is 25.5 Å². The zero-order valence-corrected chi connectivity index (χ0v) is 28.3. The molecule has 0 spiro atoms. The number of hydrogen-bond acceptors (Lipinski definition) is 9. The van der Waals surface area contributed by atoms with Crippen LogP contribution in [0.15, 0.2) is 48.4 Å². The molecule has 0 radical (unpaired) electrons. The van der Waals surface area contributed by atoms with Gasteiger partial charge in [0.15, 0.2) is 6.10 Å². The zero-order chi connectivity index (χ0) is 32.8. The van der Waals surface area contributed by atoms with Crippen LogP contribution in [0.5, 0.6) is 0 Å². The number of nitrogens with zero attached hydrogens (tertiary/aromatic N) is 2. The van der Waals surface area contributed by atoms with Crippen LogP contribution < -0.4 is 11.1 Å². The Bertz CT molecular complexity index is 1190. The Hall–Kier alpha value is -3.08. The van der Waals surface area contributed by atoms with E-state index >= 15 is 0 Å². The Balaban J connectivity index is 2.23. The van der Waals surface area contributed by atoms with Gasteiger partial charge >= 0.3 is 11.9 Å². The lowest BCUT2D eigenvalue weighted by Gasteiger charge is -2.35. The number of aromatic nitrogens is 1. The van der Waals surface area contributed by atoms with Crippen molar-refractivity contribution in [3.8, 4) is 0 Å². The van der Waals surface area contributed by atoms with Gasteiger partial charge in [0.25, 0.3) is 5.91 Å². The van der Waals surface area contributed by atoms with Gasteiger partial charge in [0.1, 0.15) is 17.3 Å². The summed E-state index contributed by atoms with van der Waals surface area (Å²) in [6.45, 7) is 16.2. The first-order valence-electron chi connectivity index (χ1n) is 15.6. The first kappa shape index (κ1) is 37.1. The van der Waals surface area contributed by atoms with Gasteiger partial charge in [0.2, 0.25) is 0 Å². The van der Waals surface area contributed by atoms with E-state index in [2.05, 4.69) is 56.5 Å². The summed E-state index contributed by atoms with van der Waals surface area (Å²) in [4.78, 5) is 44.9. The number of thiazole rings is 1. The highest BCUT2D eigenvalue weighted by Gasteiger charge is 2.30. The van der Waals surface area contributed by atoms with Crippen molar-refractivity contribution in [3.63, 3.8) is 0 Å². The van der Waals surface area contributed by atoms with Crippen molar-refractivity contribution >= 4 is 29.2 Å². The van der Waals surface area contributed by atoms with Crippen molar-refractivity contribution in [1.82, 2.24) is 15.2 Å². The fraction of sp³-hybridized carbons (Fsp3) is 0.588. The molecule has 0 saturated carbocycles. The summed E-state index contributed by atoms with van der Waals surface area (Å²) in [5.74, 6) is -0.865. The van der Waals surface area contributed by atoms with Crippen LogP contribution in [0.3, 0.4) is 0 Å². The van der Waals surface area contributed by atoms with Gasteiger partial charge in [-0.3, -0.25) is 14.4 Å². The third-order valence-corrected chi connectivity index (χ3v) is 8.98. The first-order valence-corrected chi connectivity index (χ1v) is 16.4. The fourth-order valence-electron chi connectivity index (χ4n) is 5.23. The predicted octanol–water partition coefficient (Wildman–Crippen LogP) is 5.56. The Morgan fingerprint density at radius 1 is 1.14 bits per heavy atom. The van der Waals surface area contributed by atoms with Crippen LogP contribution in [0.2, 0.25) is 0 Å². The quantitative estimate of drug-likeness (QED) is 0.153. The number of ether oxygens (including phenoxy) is 2. The summed E-state index contributed by atoms with van der Waals surface area (Å²) < 4.78 is 11.0. The van der Waals surface area contributed by atoms with E-state index in [0.29, 0.717) is 30.2 Å². The minimum absolute atomic E-state index is 0.0315. The van der Waals surface area contributed by atoms with Crippen LogP contribution in [0.25, 0.3) is 0 Å². The van der Waals surface area contributed by atoms with Crippen molar-refractivity contribution in [2.45, 2.75) is 91.5 Å². The molecule has 6 atom stereocenters. The Morgan fingerprint density at radius 3 is 2.41 bits per heavy atom. The first-order chi connectivity index (χ1) is 20.9. The molecule has 2 aromatic rings. The molecule has 0 saturated heterocycles. The Morgan fingerprint density at radius 2 is 1.82 bits per heavy atom. The van der Waals surface area contributed by atoms with E-state index in [1.54, 1.807) is 12.3 Å². The summed E-state index contributed by atoms with van der Waals surface area (Å²) in [6.07, 6.45) is 3.39. The highest BCUT2D eigenvalue weighted by molar-refractivity contribution is 7.09. The molecule has 2 rings (SSSR count). The maximum absolute atomic E-state index is 13.5. The molecule has 0 aliphatic heterocycles. The molecule has 0 bridgehead atoms. The van der Waals surface area contributed by atoms with Gasteiger partial charge in [-0.1, -0.05) is 84.0 Å². The van der Waals surface area contributed by atoms with Crippen LogP contribution in [-0.4, -0.2) is 66.1 Å². The molecule has 10 heteroatoms.